The first kappa shape index (κ1) is 15.7. The topological polar surface area (TPSA) is 52.6 Å². The number of esters is 2. The third-order valence-electron chi connectivity index (χ3n) is 2.24. The van der Waals surface area contributed by atoms with Crippen LogP contribution in [0.25, 0.3) is 0 Å². The fourth-order valence-corrected chi connectivity index (χ4v) is 1.87. The van der Waals surface area contributed by atoms with Gasteiger partial charge in [0.15, 0.2) is 0 Å². The first-order valence-corrected chi connectivity index (χ1v) is 7.02. The monoisotopic (exact) mass is 328 g/mol. The molecule has 1 aromatic rings. The van der Waals surface area contributed by atoms with E-state index in [-0.39, 0.29) is 0 Å². The van der Waals surface area contributed by atoms with Gasteiger partial charge in [-0.3, -0.25) is 0 Å². The molecule has 104 valence electrons. The van der Waals surface area contributed by atoms with Gasteiger partial charge in [-0.2, -0.15) is 0 Å². The molecule has 0 amide bonds. The van der Waals surface area contributed by atoms with Gasteiger partial charge in [0.2, 0.25) is 0 Å². The molecule has 0 aliphatic carbocycles. The van der Waals surface area contributed by atoms with Crippen LogP contribution in [0.3, 0.4) is 0 Å². The molecule has 5 heteroatoms. The van der Waals surface area contributed by atoms with Gasteiger partial charge in [-0.25, -0.2) is 9.59 Å². The highest BCUT2D eigenvalue weighted by atomic mass is 79.9. The normalized spacial score (nSPS) is 10.1. The first-order chi connectivity index (χ1) is 9.08. The summed E-state index contributed by atoms with van der Waals surface area (Å²) in [5.74, 6) is -0.875. The average molecular weight is 329 g/mol. The highest BCUT2D eigenvalue weighted by Crippen LogP contribution is 2.17. The van der Waals surface area contributed by atoms with E-state index in [1.807, 2.05) is 13.8 Å². The number of carbonyl (C=O) groups is 2. The summed E-state index contributed by atoms with van der Waals surface area (Å²) in [6, 6.07) is 4.73. The SMILES string of the molecule is CCCOC(=O)c1cc(Br)cc(C(=O)OCCC)c1. The van der Waals surface area contributed by atoms with E-state index in [0.717, 1.165) is 12.8 Å². The van der Waals surface area contributed by atoms with Crippen molar-refractivity contribution in [2.24, 2.45) is 0 Å². The zero-order valence-electron chi connectivity index (χ0n) is 11.1. The molecular weight excluding hydrogens is 312 g/mol. The Bertz CT molecular complexity index is 419. The minimum Gasteiger partial charge on any atom is -0.462 e. The largest absolute Gasteiger partial charge is 0.462 e. The van der Waals surface area contributed by atoms with Gasteiger partial charge in [0, 0.05) is 4.47 Å². The summed E-state index contributed by atoms with van der Waals surface area (Å²) < 4.78 is 10.7. The van der Waals surface area contributed by atoms with E-state index in [1.54, 1.807) is 12.1 Å². The molecule has 0 aliphatic heterocycles. The third kappa shape index (κ3) is 5.03. The Balaban J connectivity index is 2.87. The van der Waals surface area contributed by atoms with Gasteiger partial charge in [0.25, 0.3) is 0 Å². The first-order valence-electron chi connectivity index (χ1n) is 6.23. The molecule has 0 saturated carbocycles. The molecule has 0 radical (unpaired) electrons. The van der Waals surface area contributed by atoms with Gasteiger partial charge in [0.1, 0.15) is 0 Å². The van der Waals surface area contributed by atoms with Crippen molar-refractivity contribution in [3.05, 3.63) is 33.8 Å². The van der Waals surface area contributed by atoms with Crippen LogP contribution in [0.15, 0.2) is 22.7 Å². The van der Waals surface area contributed by atoms with Crippen molar-refractivity contribution in [1.29, 1.82) is 0 Å². The number of hydrogen-bond acceptors (Lipinski definition) is 4. The molecule has 0 N–H and O–H groups in total. The highest BCUT2D eigenvalue weighted by molar-refractivity contribution is 9.10. The van der Waals surface area contributed by atoms with Crippen LogP contribution in [-0.4, -0.2) is 25.2 Å². The lowest BCUT2D eigenvalue weighted by Gasteiger charge is -2.07. The standard InChI is InChI=1S/C14H17BrO4/c1-3-5-18-13(16)10-7-11(9-12(15)8-10)14(17)19-6-4-2/h7-9H,3-6H2,1-2H3. The quantitative estimate of drug-likeness (QED) is 0.749. The Morgan fingerprint density at radius 3 is 1.74 bits per heavy atom. The van der Waals surface area contributed by atoms with E-state index in [9.17, 15) is 9.59 Å². The summed E-state index contributed by atoms with van der Waals surface area (Å²) in [6.45, 7) is 4.56. The maximum absolute atomic E-state index is 11.7. The van der Waals surface area contributed by atoms with E-state index < -0.39 is 11.9 Å². The maximum atomic E-state index is 11.7. The Morgan fingerprint density at radius 2 is 1.37 bits per heavy atom. The van der Waals surface area contributed by atoms with Crippen molar-refractivity contribution in [2.75, 3.05) is 13.2 Å². The van der Waals surface area contributed by atoms with Gasteiger partial charge in [0.05, 0.1) is 24.3 Å². The van der Waals surface area contributed by atoms with Gasteiger partial charge >= 0.3 is 11.9 Å². The summed E-state index contributed by atoms with van der Waals surface area (Å²) in [5.41, 5.74) is 0.678. The lowest BCUT2D eigenvalue weighted by molar-refractivity contribution is 0.0503. The van der Waals surface area contributed by atoms with Crippen molar-refractivity contribution >= 4 is 27.9 Å². The van der Waals surface area contributed by atoms with Crippen molar-refractivity contribution < 1.29 is 19.1 Å². The van der Waals surface area contributed by atoms with Crippen LogP contribution in [0, 0.1) is 0 Å². The summed E-state index contributed by atoms with van der Waals surface area (Å²) in [4.78, 5) is 23.5. The fraction of sp³-hybridized carbons (Fsp3) is 0.429. The Labute approximate surface area is 121 Å². The zero-order valence-corrected chi connectivity index (χ0v) is 12.7. The second-order valence-corrected chi connectivity index (χ2v) is 4.92. The summed E-state index contributed by atoms with van der Waals surface area (Å²) in [6.07, 6.45) is 1.51. The van der Waals surface area contributed by atoms with Crippen LogP contribution in [-0.2, 0) is 9.47 Å². The van der Waals surface area contributed by atoms with Crippen LogP contribution in [0.4, 0.5) is 0 Å². The lowest BCUT2D eigenvalue weighted by atomic mass is 10.1. The van der Waals surface area contributed by atoms with E-state index >= 15 is 0 Å². The van der Waals surface area contributed by atoms with Crippen LogP contribution in [0.1, 0.15) is 47.4 Å². The minimum atomic E-state index is -0.437. The predicted octanol–water partition coefficient (Wildman–Crippen LogP) is 3.58. The van der Waals surface area contributed by atoms with Crippen molar-refractivity contribution in [2.45, 2.75) is 26.7 Å². The van der Waals surface area contributed by atoms with Crippen LogP contribution >= 0.6 is 15.9 Å². The second-order valence-electron chi connectivity index (χ2n) is 4.00. The minimum absolute atomic E-state index is 0.339. The predicted molar refractivity (Wildman–Crippen MR) is 75.3 cm³/mol. The number of carbonyl (C=O) groups excluding carboxylic acids is 2. The molecule has 0 heterocycles. The highest BCUT2D eigenvalue weighted by Gasteiger charge is 2.14. The Kier molecular flexibility index (Phi) is 6.56. The van der Waals surface area contributed by atoms with E-state index in [4.69, 9.17) is 9.47 Å². The second kappa shape index (κ2) is 7.94. The van der Waals surface area contributed by atoms with Crippen molar-refractivity contribution in [3.63, 3.8) is 0 Å². The maximum Gasteiger partial charge on any atom is 0.338 e. The smallest absolute Gasteiger partial charge is 0.338 e. The fourth-order valence-electron chi connectivity index (χ4n) is 1.38. The summed E-state index contributed by atoms with van der Waals surface area (Å²) in [5, 5.41) is 0. The third-order valence-corrected chi connectivity index (χ3v) is 2.70. The molecule has 1 rings (SSSR count). The molecule has 0 bridgehead atoms. The molecule has 0 atom stereocenters. The van der Waals surface area contributed by atoms with Crippen LogP contribution in [0.2, 0.25) is 0 Å². The summed E-state index contributed by atoms with van der Waals surface area (Å²) in [7, 11) is 0. The average Bonchev–Trinajstić information content (AvgIpc) is 2.41. The summed E-state index contributed by atoms with van der Waals surface area (Å²) >= 11 is 3.27. The Hall–Kier alpha value is -1.36. The van der Waals surface area contributed by atoms with Crippen LogP contribution in [0.5, 0.6) is 0 Å². The van der Waals surface area contributed by atoms with E-state index in [0.29, 0.717) is 28.8 Å². The molecule has 4 nitrogen and oxygen atoms in total. The molecule has 0 unspecified atom stereocenters. The van der Waals surface area contributed by atoms with E-state index in [2.05, 4.69) is 15.9 Å². The van der Waals surface area contributed by atoms with Crippen LogP contribution < -0.4 is 0 Å². The Morgan fingerprint density at radius 1 is 0.947 bits per heavy atom. The number of hydrogen-bond donors (Lipinski definition) is 0. The molecule has 0 saturated heterocycles. The van der Waals surface area contributed by atoms with Gasteiger partial charge in [-0.05, 0) is 31.0 Å². The molecule has 1 aromatic carbocycles. The molecule has 0 aromatic heterocycles. The lowest BCUT2D eigenvalue weighted by Crippen LogP contribution is -2.10. The van der Waals surface area contributed by atoms with E-state index in [1.165, 1.54) is 6.07 Å². The van der Waals surface area contributed by atoms with Gasteiger partial charge in [-0.1, -0.05) is 29.8 Å². The van der Waals surface area contributed by atoms with Gasteiger partial charge in [-0.15, -0.1) is 0 Å². The molecular formula is C14H17BrO4. The number of rotatable bonds is 6. The molecule has 0 fully saturated rings. The van der Waals surface area contributed by atoms with Crippen molar-refractivity contribution in [3.8, 4) is 0 Å². The number of benzene rings is 1. The van der Waals surface area contributed by atoms with Crippen molar-refractivity contribution in [1.82, 2.24) is 0 Å². The molecule has 19 heavy (non-hydrogen) atoms. The number of halogens is 1. The number of ether oxygens (including phenoxy) is 2. The molecule has 0 aliphatic rings. The zero-order chi connectivity index (χ0) is 14.3. The molecule has 0 spiro atoms. The van der Waals surface area contributed by atoms with Gasteiger partial charge < -0.3 is 9.47 Å².